The lowest BCUT2D eigenvalue weighted by atomic mass is 10.2. The highest BCUT2D eigenvalue weighted by atomic mass is 19.1. The molecule has 0 aromatic heterocycles. The monoisotopic (exact) mass is 392 g/mol. The van der Waals surface area contributed by atoms with Gasteiger partial charge in [0.1, 0.15) is 5.82 Å². The number of hydrogen-bond donors (Lipinski definition) is 1. The number of amides is 2. The summed E-state index contributed by atoms with van der Waals surface area (Å²) >= 11 is 0. The van der Waals surface area contributed by atoms with Crippen LogP contribution in [0.4, 0.5) is 15.8 Å². The van der Waals surface area contributed by atoms with Crippen molar-refractivity contribution in [1.82, 2.24) is 4.90 Å². The number of carbonyl (C=O) groups is 2. The fourth-order valence-electron chi connectivity index (χ4n) is 3.69. The zero-order valence-electron chi connectivity index (χ0n) is 15.8. The summed E-state index contributed by atoms with van der Waals surface area (Å²) in [6.07, 6.45) is 0.569. The summed E-state index contributed by atoms with van der Waals surface area (Å²) < 4.78 is 13.1. The molecule has 2 aromatic carbocycles. The van der Waals surface area contributed by atoms with Gasteiger partial charge in [-0.05, 0) is 55.0 Å². The van der Waals surface area contributed by atoms with Crippen molar-refractivity contribution in [3.05, 3.63) is 59.9 Å². The molecule has 1 N–H and O–H groups in total. The normalized spacial score (nSPS) is 20.7. The molecule has 148 valence electrons. The molecule has 4 rings (SSSR count). The topological polar surface area (TPSA) is 76.4 Å². The van der Waals surface area contributed by atoms with Crippen molar-refractivity contribution >= 4 is 23.2 Å². The second-order valence-electron chi connectivity index (χ2n) is 7.42. The van der Waals surface area contributed by atoms with E-state index in [2.05, 4.69) is 10.2 Å². The summed E-state index contributed by atoms with van der Waals surface area (Å²) in [6, 6.07) is 15.1. The lowest BCUT2D eigenvalue weighted by Crippen LogP contribution is -2.49. The molecule has 2 atom stereocenters. The second-order valence-corrected chi connectivity index (χ2v) is 7.42. The highest BCUT2D eigenvalue weighted by Gasteiger charge is 2.49. The predicted molar refractivity (Wildman–Crippen MR) is 107 cm³/mol. The first-order chi connectivity index (χ1) is 14.0. The van der Waals surface area contributed by atoms with Crippen LogP contribution in [0.15, 0.2) is 48.5 Å². The number of nitriles is 1. The van der Waals surface area contributed by atoms with E-state index >= 15 is 0 Å². The summed E-state index contributed by atoms with van der Waals surface area (Å²) in [5.41, 5.74) is 2.10. The molecule has 1 aliphatic carbocycles. The molecule has 2 aliphatic rings. The average molecular weight is 392 g/mol. The highest BCUT2D eigenvalue weighted by Crippen LogP contribution is 2.41. The molecule has 1 saturated heterocycles. The average Bonchev–Trinajstić information content (AvgIpc) is 3.56. The number of nitrogens with zero attached hydrogens (tertiary/aromatic N) is 3. The van der Waals surface area contributed by atoms with Gasteiger partial charge in [0.05, 0.1) is 23.5 Å². The quantitative estimate of drug-likeness (QED) is 0.868. The van der Waals surface area contributed by atoms with Crippen molar-refractivity contribution in [2.75, 3.05) is 36.4 Å². The van der Waals surface area contributed by atoms with E-state index in [1.807, 2.05) is 11.0 Å². The fourth-order valence-corrected chi connectivity index (χ4v) is 3.69. The van der Waals surface area contributed by atoms with E-state index in [4.69, 9.17) is 5.26 Å². The zero-order valence-corrected chi connectivity index (χ0v) is 15.8. The van der Waals surface area contributed by atoms with Crippen molar-refractivity contribution in [1.29, 1.82) is 5.26 Å². The SMILES string of the molecule is N#Cc1ccc(NC(=O)C2CC2C(=O)N2CCN(c3ccc(F)cc3)CC2)cc1. The van der Waals surface area contributed by atoms with E-state index in [0.717, 1.165) is 5.69 Å². The van der Waals surface area contributed by atoms with Crippen molar-refractivity contribution < 1.29 is 14.0 Å². The van der Waals surface area contributed by atoms with Crippen molar-refractivity contribution in [3.8, 4) is 6.07 Å². The van der Waals surface area contributed by atoms with Gasteiger partial charge in [-0.2, -0.15) is 5.26 Å². The van der Waals surface area contributed by atoms with Crippen LogP contribution in [0.25, 0.3) is 0 Å². The molecular weight excluding hydrogens is 371 g/mol. The smallest absolute Gasteiger partial charge is 0.228 e. The number of rotatable bonds is 4. The van der Waals surface area contributed by atoms with Crippen LogP contribution >= 0.6 is 0 Å². The minimum Gasteiger partial charge on any atom is -0.368 e. The molecular formula is C22H21FN4O2. The van der Waals surface area contributed by atoms with Gasteiger partial charge in [0.25, 0.3) is 0 Å². The van der Waals surface area contributed by atoms with Gasteiger partial charge < -0.3 is 15.1 Å². The van der Waals surface area contributed by atoms with Crippen LogP contribution in [0.3, 0.4) is 0 Å². The maximum absolute atomic E-state index is 13.1. The van der Waals surface area contributed by atoms with Gasteiger partial charge in [0.2, 0.25) is 11.8 Å². The Bertz CT molecular complexity index is 944. The molecule has 0 bridgehead atoms. The van der Waals surface area contributed by atoms with Gasteiger partial charge in [-0.3, -0.25) is 9.59 Å². The summed E-state index contributed by atoms with van der Waals surface area (Å²) in [6.45, 7) is 2.56. The Hall–Kier alpha value is -3.40. The van der Waals surface area contributed by atoms with Crippen LogP contribution in [0.1, 0.15) is 12.0 Å². The first kappa shape index (κ1) is 18.9. The largest absolute Gasteiger partial charge is 0.368 e. The lowest BCUT2D eigenvalue weighted by molar-refractivity contribution is -0.134. The number of hydrogen-bond acceptors (Lipinski definition) is 4. The van der Waals surface area contributed by atoms with E-state index in [0.29, 0.717) is 43.9 Å². The third-order valence-electron chi connectivity index (χ3n) is 5.51. The third kappa shape index (κ3) is 4.21. The van der Waals surface area contributed by atoms with E-state index in [9.17, 15) is 14.0 Å². The molecule has 29 heavy (non-hydrogen) atoms. The predicted octanol–water partition coefficient (Wildman–Crippen LogP) is 2.62. The Morgan fingerprint density at radius 1 is 0.966 bits per heavy atom. The van der Waals surface area contributed by atoms with Crippen LogP contribution in [0.5, 0.6) is 0 Å². The Morgan fingerprint density at radius 2 is 1.62 bits per heavy atom. The summed E-state index contributed by atoms with van der Waals surface area (Å²) in [5, 5.41) is 11.6. The molecule has 2 unspecified atom stereocenters. The lowest BCUT2D eigenvalue weighted by Gasteiger charge is -2.36. The van der Waals surface area contributed by atoms with Gasteiger partial charge >= 0.3 is 0 Å². The number of carbonyl (C=O) groups excluding carboxylic acids is 2. The summed E-state index contributed by atoms with van der Waals surface area (Å²) in [4.78, 5) is 29.1. The number of nitrogens with one attached hydrogen (secondary N) is 1. The second kappa shape index (κ2) is 7.92. The minimum absolute atomic E-state index is 0.0312. The summed E-state index contributed by atoms with van der Waals surface area (Å²) in [5.74, 6) is -0.942. The number of benzene rings is 2. The first-order valence-electron chi connectivity index (χ1n) is 9.65. The molecule has 2 aromatic rings. The highest BCUT2D eigenvalue weighted by molar-refractivity contribution is 5.99. The van der Waals surface area contributed by atoms with E-state index in [-0.39, 0.29) is 29.5 Å². The number of anilines is 2. The van der Waals surface area contributed by atoms with Gasteiger partial charge in [0.15, 0.2) is 0 Å². The van der Waals surface area contributed by atoms with Crippen LogP contribution in [0.2, 0.25) is 0 Å². The van der Waals surface area contributed by atoms with Gasteiger partial charge in [0, 0.05) is 37.6 Å². The first-order valence-corrected chi connectivity index (χ1v) is 9.65. The molecule has 1 saturated carbocycles. The van der Waals surface area contributed by atoms with E-state index < -0.39 is 0 Å². The third-order valence-corrected chi connectivity index (χ3v) is 5.51. The Balaban J connectivity index is 1.27. The molecule has 2 fully saturated rings. The zero-order chi connectivity index (χ0) is 20.4. The molecule has 2 amide bonds. The van der Waals surface area contributed by atoms with Crippen LogP contribution < -0.4 is 10.2 Å². The van der Waals surface area contributed by atoms with E-state index in [1.165, 1.54) is 12.1 Å². The molecule has 1 heterocycles. The number of piperazine rings is 1. The molecule has 1 aliphatic heterocycles. The van der Waals surface area contributed by atoms with Crippen LogP contribution in [0, 0.1) is 29.0 Å². The Kier molecular flexibility index (Phi) is 5.17. The van der Waals surface area contributed by atoms with Crippen molar-refractivity contribution in [2.24, 2.45) is 11.8 Å². The summed E-state index contributed by atoms with van der Waals surface area (Å²) in [7, 11) is 0. The van der Waals surface area contributed by atoms with E-state index in [1.54, 1.807) is 36.4 Å². The van der Waals surface area contributed by atoms with Crippen LogP contribution in [-0.2, 0) is 9.59 Å². The van der Waals surface area contributed by atoms with Crippen molar-refractivity contribution in [2.45, 2.75) is 6.42 Å². The molecule has 0 spiro atoms. The molecule has 0 radical (unpaired) electrons. The maximum atomic E-state index is 13.1. The Morgan fingerprint density at radius 3 is 2.24 bits per heavy atom. The van der Waals surface area contributed by atoms with Gasteiger partial charge in [-0.15, -0.1) is 0 Å². The van der Waals surface area contributed by atoms with Crippen molar-refractivity contribution in [3.63, 3.8) is 0 Å². The number of halogens is 1. The standard InChI is InChI=1S/C22H21FN4O2/c23-16-3-7-18(8-4-16)26-9-11-27(12-10-26)22(29)20-13-19(20)21(28)25-17-5-1-15(14-24)2-6-17/h1-8,19-20H,9-13H2,(H,25,28). The Labute approximate surface area is 168 Å². The minimum atomic E-state index is -0.298. The maximum Gasteiger partial charge on any atom is 0.228 e. The molecule has 7 heteroatoms. The van der Waals surface area contributed by atoms with Gasteiger partial charge in [-0.25, -0.2) is 4.39 Å². The van der Waals surface area contributed by atoms with Gasteiger partial charge in [-0.1, -0.05) is 0 Å². The van der Waals surface area contributed by atoms with Crippen LogP contribution in [-0.4, -0.2) is 42.9 Å². The molecule has 6 nitrogen and oxygen atoms in total. The fraction of sp³-hybridized carbons (Fsp3) is 0.318.